The van der Waals surface area contributed by atoms with Crippen molar-refractivity contribution in [1.82, 2.24) is 4.98 Å². The van der Waals surface area contributed by atoms with Gasteiger partial charge in [0.1, 0.15) is 5.82 Å². The zero-order valence-electron chi connectivity index (χ0n) is 11.8. The van der Waals surface area contributed by atoms with Gasteiger partial charge in [0.2, 0.25) is 0 Å². The van der Waals surface area contributed by atoms with Crippen LogP contribution in [0.3, 0.4) is 0 Å². The average molecular weight is 306 g/mol. The smallest absolute Gasteiger partial charge is 0.256 e. The van der Waals surface area contributed by atoms with E-state index >= 15 is 0 Å². The van der Waals surface area contributed by atoms with E-state index in [2.05, 4.69) is 4.98 Å². The highest BCUT2D eigenvalue weighted by atomic mass is 32.1. The number of benzene rings is 1. The number of nitrogens with zero attached hydrogens (tertiary/aromatic N) is 2. The van der Waals surface area contributed by atoms with Gasteiger partial charge in [-0.2, -0.15) is 0 Å². The molecule has 3 rings (SSSR count). The van der Waals surface area contributed by atoms with Crippen LogP contribution in [0, 0.1) is 0 Å². The Kier molecular flexibility index (Phi) is 4.41. The molecule has 2 heterocycles. The Balaban J connectivity index is 1.93. The molecular formula is C18H14N2OS. The van der Waals surface area contributed by atoms with Crippen LogP contribution in [0.2, 0.25) is 0 Å². The monoisotopic (exact) mass is 306 g/mol. The van der Waals surface area contributed by atoms with Crippen LogP contribution >= 0.6 is 11.3 Å². The molecule has 0 fully saturated rings. The highest BCUT2D eigenvalue weighted by Gasteiger charge is 2.16. The second-order valence-electron chi connectivity index (χ2n) is 4.55. The molecule has 108 valence electrons. The van der Waals surface area contributed by atoms with Crippen LogP contribution in [0.25, 0.3) is 6.08 Å². The molecule has 3 aromatic rings. The third-order valence-electron chi connectivity index (χ3n) is 3.05. The minimum Gasteiger partial charge on any atom is -0.269 e. The fourth-order valence-electron chi connectivity index (χ4n) is 2.05. The van der Waals surface area contributed by atoms with Crippen molar-refractivity contribution in [2.45, 2.75) is 0 Å². The first-order chi connectivity index (χ1) is 10.8. The number of amides is 1. The Morgan fingerprint density at radius 1 is 1.00 bits per heavy atom. The number of pyridine rings is 1. The SMILES string of the molecule is O=C(C=Cc1cccs1)N(c1ccccc1)c1ccccn1. The van der Waals surface area contributed by atoms with Crippen LogP contribution < -0.4 is 4.90 Å². The number of carbonyl (C=O) groups excluding carboxylic acids is 1. The lowest BCUT2D eigenvalue weighted by Crippen LogP contribution is -2.24. The molecule has 0 N–H and O–H groups in total. The molecule has 1 aromatic carbocycles. The van der Waals surface area contributed by atoms with Crippen LogP contribution in [-0.4, -0.2) is 10.9 Å². The maximum Gasteiger partial charge on any atom is 0.256 e. The van der Waals surface area contributed by atoms with Crippen LogP contribution in [0.15, 0.2) is 78.3 Å². The average Bonchev–Trinajstić information content (AvgIpc) is 3.09. The highest BCUT2D eigenvalue weighted by molar-refractivity contribution is 7.10. The van der Waals surface area contributed by atoms with Gasteiger partial charge in [0.15, 0.2) is 0 Å². The molecule has 0 aliphatic rings. The van der Waals surface area contributed by atoms with Crippen molar-refractivity contribution in [1.29, 1.82) is 0 Å². The fraction of sp³-hybridized carbons (Fsp3) is 0. The summed E-state index contributed by atoms with van der Waals surface area (Å²) in [5.74, 6) is 0.479. The van der Waals surface area contributed by atoms with Crippen LogP contribution in [0.4, 0.5) is 11.5 Å². The summed E-state index contributed by atoms with van der Waals surface area (Å²) in [5.41, 5.74) is 0.794. The number of carbonyl (C=O) groups is 1. The molecule has 0 saturated heterocycles. The van der Waals surface area contributed by atoms with Gasteiger partial charge in [-0.05, 0) is 41.8 Å². The van der Waals surface area contributed by atoms with E-state index in [1.165, 1.54) is 0 Å². The van der Waals surface area contributed by atoms with Crippen molar-refractivity contribution in [3.05, 3.63) is 83.2 Å². The molecule has 0 spiro atoms. The number of para-hydroxylation sites is 1. The topological polar surface area (TPSA) is 33.2 Å². The molecule has 3 nitrogen and oxygen atoms in total. The molecule has 0 bridgehead atoms. The summed E-state index contributed by atoms with van der Waals surface area (Å²) in [6.07, 6.45) is 5.08. The molecule has 0 radical (unpaired) electrons. The summed E-state index contributed by atoms with van der Waals surface area (Å²) in [6, 6.07) is 19.0. The molecule has 0 unspecified atom stereocenters. The van der Waals surface area contributed by atoms with Gasteiger partial charge < -0.3 is 0 Å². The van der Waals surface area contributed by atoms with Crippen molar-refractivity contribution in [3.8, 4) is 0 Å². The van der Waals surface area contributed by atoms with E-state index in [0.29, 0.717) is 5.82 Å². The first-order valence-corrected chi connectivity index (χ1v) is 7.74. The van der Waals surface area contributed by atoms with Crippen molar-refractivity contribution in [3.63, 3.8) is 0 Å². The molecule has 0 aliphatic carbocycles. The molecule has 2 aromatic heterocycles. The molecule has 4 heteroatoms. The van der Waals surface area contributed by atoms with Gasteiger partial charge in [0, 0.05) is 17.2 Å². The van der Waals surface area contributed by atoms with Gasteiger partial charge >= 0.3 is 0 Å². The number of hydrogen-bond donors (Lipinski definition) is 0. The first-order valence-electron chi connectivity index (χ1n) is 6.86. The maximum absolute atomic E-state index is 12.6. The first kappa shape index (κ1) is 14.2. The van der Waals surface area contributed by atoms with Crippen molar-refractivity contribution >= 4 is 34.8 Å². The van der Waals surface area contributed by atoms with Crippen LogP contribution in [-0.2, 0) is 4.79 Å². The van der Waals surface area contributed by atoms with Gasteiger partial charge in [0.25, 0.3) is 5.91 Å². The Hall–Kier alpha value is -2.72. The third kappa shape index (κ3) is 3.30. The van der Waals surface area contributed by atoms with Crippen molar-refractivity contribution in [2.75, 3.05) is 4.90 Å². The molecular weight excluding hydrogens is 292 g/mol. The van der Waals surface area contributed by atoms with Gasteiger partial charge in [-0.3, -0.25) is 9.69 Å². The lowest BCUT2D eigenvalue weighted by Gasteiger charge is -2.20. The summed E-state index contributed by atoms with van der Waals surface area (Å²) in [4.78, 5) is 19.6. The summed E-state index contributed by atoms with van der Waals surface area (Å²) in [7, 11) is 0. The predicted molar refractivity (Wildman–Crippen MR) is 91.2 cm³/mol. The minimum atomic E-state index is -0.127. The third-order valence-corrected chi connectivity index (χ3v) is 3.88. The quantitative estimate of drug-likeness (QED) is 0.664. The minimum absolute atomic E-state index is 0.127. The largest absolute Gasteiger partial charge is 0.269 e. The normalized spacial score (nSPS) is 10.7. The number of aromatic nitrogens is 1. The van der Waals surface area contributed by atoms with E-state index in [1.54, 1.807) is 28.5 Å². The molecule has 0 aliphatic heterocycles. The van der Waals surface area contributed by atoms with Gasteiger partial charge in [-0.25, -0.2) is 4.98 Å². The van der Waals surface area contributed by atoms with Crippen LogP contribution in [0.1, 0.15) is 4.88 Å². The number of hydrogen-bond acceptors (Lipinski definition) is 3. The van der Waals surface area contributed by atoms with E-state index in [1.807, 2.05) is 72.1 Å². The molecule has 0 saturated carbocycles. The Labute approximate surface area is 133 Å². The van der Waals surface area contributed by atoms with E-state index < -0.39 is 0 Å². The lowest BCUT2D eigenvalue weighted by molar-refractivity contribution is -0.113. The maximum atomic E-state index is 12.6. The van der Waals surface area contributed by atoms with E-state index in [4.69, 9.17) is 0 Å². The van der Waals surface area contributed by atoms with Crippen molar-refractivity contribution < 1.29 is 4.79 Å². The highest BCUT2D eigenvalue weighted by Crippen LogP contribution is 2.23. The molecule has 0 atom stereocenters. The number of rotatable bonds is 4. The molecule has 22 heavy (non-hydrogen) atoms. The second kappa shape index (κ2) is 6.83. The summed E-state index contributed by atoms with van der Waals surface area (Å²) in [5, 5.41) is 1.98. The lowest BCUT2D eigenvalue weighted by atomic mass is 10.2. The zero-order chi connectivity index (χ0) is 15.2. The van der Waals surface area contributed by atoms with Crippen molar-refractivity contribution in [2.24, 2.45) is 0 Å². The van der Waals surface area contributed by atoms with E-state index in [0.717, 1.165) is 10.6 Å². The number of anilines is 2. The van der Waals surface area contributed by atoms with E-state index in [-0.39, 0.29) is 5.91 Å². The standard InChI is InChI=1S/C18H14N2OS/c21-18(12-11-16-9-6-14-22-16)20(15-7-2-1-3-8-15)17-10-4-5-13-19-17/h1-14H. The summed E-state index contributed by atoms with van der Waals surface area (Å²) in [6.45, 7) is 0. The fourth-order valence-corrected chi connectivity index (χ4v) is 2.67. The van der Waals surface area contributed by atoms with Gasteiger partial charge in [-0.1, -0.05) is 30.3 Å². The second-order valence-corrected chi connectivity index (χ2v) is 5.53. The van der Waals surface area contributed by atoms with Gasteiger partial charge in [0.05, 0.1) is 5.69 Å². The molecule has 1 amide bonds. The summed E-state index contributed by atoms with van der Waals surface area (Å²) < 4.78 is 0. The summed E-state index contributed by atoms with van der Waals surface area (Å²) >= 11 is 1.60. The Morgan fingerprint density at radius 3 is 2.50 bits per heavy atom. The Morgan fingerprint density at radius 2 is 1.82 bits per heavy atom. The predicted octanol–water partition coefficient (Wildman–Crippen LogP) is 4.52. The van der Waals surface area contributed by atoms with E-state index in [9.17, 15) is 4.79 Å². The zero-order valence-corrected chi connectivity index (χ0v) is 12.6. The number of thiophene rings is 1. The Bertz CT molecular complexity index is 713. The van der Waals surface area contributed by atoms with Crippen LogP contribution in [0.5, 0.6) is 0 Å². The van der Waals surface area contributed by atoms with Gasteiger partial charge in [-0.15, -0.1) is 11.3 Å².